The zero-order valence-electron chi connectivity index (χ0n) is 15.6. The lowest BCUT2D eigenvalue weighted by molar-refractivity contribution is 0.0502. The standard InChI is InChI=1S/C20H32N2O3/c1-15(2)24-8-3-7-23-9-5-16-11-20(16)17-10-19(13-21-12-17)25-14-18-4-6-22-18/h10,12-13,15-16,18,20,22H,3-9,11,14H2,1-2H3/t16-,18+,20+/m1/s1. The highest BCUT2D eigenvalue weighted by molar-refractivity contribution is 5.30. The summed E-state index contributed by atoms with van der Waals surface area (Å²) in [7, 11) is 0. The average molecular weight is 348 g/mol. The van der Waals surface area contributed by atoms with Gasteiger partial charge in [-0.2, -0.15) is 0 Å². The van der Waals surface area contributed by atoms with E-state index in [4.69, 9.17) is 14.2 Å². The second kappa shape index (κ2) is 9.51. The largest absolute Gasteiger partial charge is 0.490 e. The maximum absolute atomic E-state index is 5.86. The fraction of sp³-hybridized carbons (Fsp3) is 0.750. The van der Waals surface area contributed by atoms with Gasteiger partial charge >= 0.3 is 0 Å². The van der Waals surface area contributed by atoms with Gasteiger partial charge in [0.15, 0.2) is 0 Å². The quantitative estimate of drug-likeness (QED) is 0.588. The van der Waals surface area contributed by atoms with Crippen molar-refractivity contribution in [2.45, 2.75) is 57.6 Å². The number of pyridine rings is 1. The van der Waals surface area contributed by atoms with Crippen LogP contribution in [0.2, 0.25) is 0 Å². The zero-order valence-corrected chi connectivity index (χ0v) is 15.6. The first-order chi connectivity index (χ1) is 12.2. The Kier molecular flexibility index (Phi) is 7.08. The van der Waals surface area contributed by atoms with Crippen LogP contribution in [0.1, 0.15) is 51.0 Å². The van der Waals surface area contributed by atoms with Crippen LogP contribution in [-0.2, 0) is 9.47 Å². The molecule has 1 aliphatic heterocycles. The summed E-state index contributed by atoms with van der Waals surface area (Å²) in [6, 6.07) is 2.68. The van der Waals surface area contributed by atoms with Gasteiger partial charge in [0, 0.05) is 32.1 Å². The molecule has 3 atom stereocenters. The topological polar surface area (TPSA) is 52.6 Å². The molecule has 3 rings (SSSR count). The molecule has 1 N–H and O–H groups in total. The summed E-state index contributed by atoms with van der Waals surface area (Å²) in [5, 5.41) is 3.35. The SMILES string of the molecule is CC(C)OCCCOCC[C@@H]1C[C@@H]1c1cncc(OC[C@@H]2CCN2)c1. The number of nitrogens with one attached hydrogen (secondary N) is 1. The Morgan fingerprint density at radius 3 is 2.88 bits per heavy atom. The van der Waals surface area contributed by atoms with E-state index in [0.29, 0.717) is 18.1 Å². The fourth-order valence-corrected chi connectivity index (χ4v) is 3.20. The van der Waals surface area contributed by atoms with Crippen LogP contribution < -0.4 is 10.1 Å². The summed E-state index contributed by atoms with van der Waals surface area (Å²) < 4.78 is 17.1. The zero-order chi connectivity index (χ0) is 17.5. The van der Waals surface area contributed by atoms with Crippen molar-refractivity contribution in [1.82, 2.24) is 10.3 Å². The fourth-order valence-electron chi connectivity index (χ4n) is 3.20. The van der Waals surface area contributed by atoms with E-state index in [2.05, 4.69) is 30.2 Å². The minimum Gasteiger partial charge on any atom is -0.490 e. The van der Waals surface area contributed by atoms with E-state index in [1.165, 1.54) is 18.4 Å². The van der Waals surface area contributed by atoms with Gasteiger partial charge < -0.3 is 19.5 Å². The first kappa shape index (κ1) is 18.6. The van der Waals surface area contributed by atoms with Crippen LogP contribution in [-0.4, -0.2) is 50.1 Å². The third-order valence-corrected chi connectivity index (χ3v) is 4.98. The van der Waals surface area contributed by atoms with E-state index >= 15 is 0 Å². The number of hydrogen-bond acceptors (Lipinski definition) is 5. The number of nitrogens with zero attached hydrogens (tertiary/aromatic N) is 1. The molecule has 0 aromatic carbocycles. The normalized spacial score (nSPS) is 25.0. The van der Waals surface area contributed by atoms with Crippen molar-refractivity contribution in [2.75, 3.05) is 33.0 Å². The Morgan fingerprint density at radius 1 is 1.24 bits per heavy atom. The van der Waals surface area contributed by atoms with E-state index in [1.54, 1.807) is 0 Å². The minimum atomic E-state index is 0.311. The van der Waals surface area contributed by atoms with Gasteiger partial charge in [-0.15, -0.1) is 0 Å². The summed E-state index contributed by atoms with van der Waals surface area (Å²) in [6.07, 6.45) is 8.69. The van der Waals surface area contributed by atoms with Gasteiger partial charge in [-0.25, -0.2) is 0 Å². The Labute approximate surface area is 151 Å². The predicted molar refractivity (Wildman–Crippen MR) is 98.1 cm³/mol. The molecule has 25 heavy (non-hydrogen) atoms. The highest BCUT2D eigenvalue weighted by atomic mass is 16.5. The van der Waals surface area contributed by atoms with Crippen molar-refractivity contribution in [1.29, 1.82) is 0 Å². The third-order valence-electron chi connectivity index (χ3n) is 4.98. The molecule has 2 fully saturated rings. The van der Waals surface area contributed by atoms with Gasteiger partial charge in [-0.05, 0) is 69.5 Å². The number of rotatable bonds is 12. The molecule has 0 amide bonds. The summed E-state index contributed by atoms with van der Waals surface area (Å²) in [4.78, 5) is 4.36. The van der Waals surface area contributed by atoms with E-state index in [-0.39, 0.29) is 0 Å². The second-order valence-electron chi connectivity index (χ2n) is 7.48. The van der Waals surface area contributed by atoms with Crippen LogP contribution in [0.3, 0.4) is 0 Å². The van der Waals surface area contributed by atoms with Crippen molar-refractivity contribution in [3.8, 4) is 5.75 Å². The molecule has 0 spiro atoms. The summed E-state index contributed by atoms with van der Waals surface area (Å²) in [5.41, 5.74) is 1.31. The van der Waals surface area contributed by atoms with Gasteiger partial charge in [0.1, 0.15) is 12.4 Å². The Morgan fingerprint density at radius 2 is 2.12 bits per heavy atom. The van der Waals surface area contributed by atoms with Crippen LogP contribution in [0.25, 0.3) is 0 Å². The first-order valence-corrected chi connectivity index (χ1v) is 9.73. The van der Waals surface area contributed by atoms with Crippen molar-refractivity contribution >= 4 is 0 Å². The van der Waals surface area contributed by atoms with E-state index < -0.39 is 0 Å². The number of ether oxygens (including phenoxy) is 3. The van der Waals surface area contributed by atoms with Crippen LogP contribution in [0, 0.1) is 5.92 Å². The van der Waals surface area contributed by atoms with Gasteiger partial charge in [0.2, 0.25) is 0 Å². The van der Waals surface area contributed by atoms with Crippen molar-refractivity contribution in [2.24, 2.45) is 5.92 Å². The van der Waals surface area contributed by atoms with Gasteiger partial charge in [-0.1, -0.05) is 0 Å². The monoisotopic (exact) mass is 348 g/mol. The highest BCUT2D eigenvalue weighted by Gasteiger charge is 2.38. The average Bonchev–Trinajstić information content (AvgIpc) is 3.32. The van der Waals surface area contributed by atoms with Crippen molar-refractivity contribution in [3.05, 3.63) is 24.0 Å². The number of aromatic nitrogens is 1. The van der Waals surface area contributed by atoms with Gasteiger partial charge in [0.05, 0.1) is 12.3 Å². The molecule has 1 saturated heterocycles. The highest BCUT2D eigenvalue weighted by Crippen LogP contribution is 2.49. The molecule has 1 aliphatic carbocycles. The first-order valence-electron chi connectivity index (χ1n) is 9.73. The lowest BCUT2D eigenvalue weighted by Crippen LogP contribution is -2.46. The van der Waals surface area contributed by atoms with Crippen LogP contribution in [0.15, 0.2) is 18.5 Å². The molecule has 1 aromatic heterocycles. The molecule has 5 heteroatoms. The van der Waals surface area contributed by atoms with Gasteiger partial charge in [0.25, 0.3) is 0 Å². The molecule has 2 heterocycles. The van der Waals surface area contributed by atoms with Crippen LogP contribution >= 0.6 is 0 Å². The number of hydrogen-bond donors (Lipinski definition) is 1. The molecule has 1 saturated carbocycles. The Hall–Kier alpha value is -1.17. The molecule has 5 nitrogen and oxygen atoms in total. The molecular formula is C20H32N2O3. The summed E-state index contributed by atoms with van der Waals surface area (Å²) in [6.45, 7) is 8.42. The molecule has 2 aliphatic rings. The van der Waals surface area contributed by atoms with E-state index in [0.717, 1.165) is 57.5 Å². The molecule has 1 aromatic rings. The smallest absolute Gasteiger partial charge is 0.137 e. The molecule has 140 valence electrons. The second-order valence-corrected chi connectivity index (χ2v) is 7.48. The van der Waals surface area contributed by atoms with E-state index in [9.17, 15) is 0 Å². The maximum Gasteiger partial charge on any atom is 0.137 e. The summed E-state index contributed by atoms with van der Waals surface area (Å²) >= 11 is 0. The molecule has 0 bridgehead atoms. The summed E-state index contributed by atoms with van der Waals surface area (Å²) in [5.74, 6) is 2.27. The predicted octanol–water partition coefficient (Wildman–Crippen LogP) is 3.15. The molecule has 0 unspecified atom stereocenters. The minimum absolute atomic E-state index is 0.311. The maximum atomic E-state index is 5.86. The van der Waals surface area contributed by atoms with Crippen LogP contribution in [0.4, 0.5) is 0 Å². The Bertz CT molecular complexity index is 519. The lowest BCUT2D eigenvalue weighted by atomic mass is 10.1. The lowest BCUT2D eigenvalue weighted by Gasteiger charge is -2.27. The Balaban J connectivity index is 1.29. The van der Waals surface area contributed by atoms with Crippen molar-refractivity contribution in [3.63, 3.8) is 0 Å². The molecule has 0 radical (unpaired) electrons. The van der Waals surface area contributed by atoms with E-state index in [1.807, 2.05) is 12.4 Å². The van der Waals surface area contributed by atoms with Crippen LogP contribution in [0.5, 0.6) is 5.75 Å². The van der Waals surface area contributed by atoms with Crippen molar-refractivity contribution < 1.29 is 14.2 Å². The third kappa shape index (κ3) is 6.24. The van der Waals surface area contributed by atoms with Gasteiger partial charge in [-0.3, -0.25) is 4.98 Å². The molecular weight excluding hydrogens is 316 g/mol.